The maximum absolute atomic E-state index is 11.4. The summed E-state index contributed by atoms with van der Waals surface area (Å²) < 4.78 is 5.08. The summed E-state index contributed by atoms with van der Waals surface area (Å²) in [5, 5.41) is 17.7. The molecule has 1 aliphatic carbocycles. The number of nitrogens with one attached hydrogen (secondary N) is 2. The average Bonchev–Trinajstić information content (AvgIpc) is 3.46. The zero-order valence-electron chi connectivity index (χ0n) is 15.2. The minimum Gasteiger partial charge on any atom is -0.496 e. The molecule has 1 fully saturated rings. The maximum Gasteiger partial charge on any atom is 0.296 e. The third-order valence-electron chi connectivity index (χ3n) is 4.39. The third-order valence-corrected chi connectivity index (χ3v) is 4.39. The van der Waals surface area contributed by atoms with Crippen molar-refractivity contribution in [3.63, 3.8) is 0 Å². The van der Waals surface area contributed by atoms with Crippen molar-refractivity contribution in [2.24, 2.45) is 0 Å². The molecule has 1 saturated carbocycles. The van der Waals surface area contributed by atoms with Gasteiger partial charge in [-0.1, -0.05) is 6.92 Å². The number of methoxy groups -OCH3 is 1. The van der Waals surface area contributed by atoms with Crippen LogP contribution in [0.15, 0.2) is 24.3 Å². The van der Waals surface area contributed by atoms with Crippen LogP contribution in [0.2, 0.25) is 0 Å². The molecule has 1 heterocycles. The molecule has 1 aliphatic rings. The number of hydrogen-bond acceptors (Lipinski definition) is 7. The van der Waals surface area contributed by atoms with E-state index in [9.17, 15) is 10.1 Å². The van der Waals surface area contributed by atoms with Gasteiger partial charge in [-0.25, -0.2) is 4.98 Å². The van der Waals surface area contributed by atoms with Crippen LogP contribution < -0.4 is 15.4 Å². The van der Waals surface area contributed by atoms with Gasteiger partial charge >= 0.3 is 0 Å². The lowest BCUT2D eigenvalue weighted by Crippen LogP contribution is -2.16. The van der Waals surface area contributed by atoms with Crippen LogP contribution in [-0.4, -0.2) is 28.0 Å². The molecule has 0 bridgehead atoms. The lowest BCUT2D eigenvalue weighted by atomic mass is 10.2. The molecule has 8 heteroatoms. The molecule has 138 valence electrons. The summed E-state index contributed by atoms with van der Waals surface area (Å²) in [7, 11) is 1.48. The van der Waals surface area contributed by atoms with Gasteiger partial charge in [0.1, 0.15) is 17.3 Å². The number of benzene rings is 1. The molecule has 0 spiro atoms. The predicted molar refractivity (Wildman–Crippen MR) is 100 cm³/mol. The molecule has 2 aromatic rings. The Kier molecular flexibility index (Phi) is 5.20. The highest BCUT2D eigenvalue weighted by Gasteiger charge is 2.27. The van der Waals surface area contributed by atoms with Gasteiger partial charge in [-0.2, -0.15) is 4.98 Å². The summed E-state index contributed by atoms with van der Waals surface area (Å²) in [6, 6.07) is 6.80. The van der Waals surface area contributed by atoms with Crippen molar-refractivity contribution >= 4 is 23.1 Å². The Morgan fingerprint density at radius 3 is 2.73 bits per heavy atom. The van der Waals surface area contributed by atoms with Gasteiger partial charge in [0, 0.05) is 18.0 Å². The molecule has 3 rings (SSSR count). The Morgan fingerprint density at radius 1 is 1.35 bits per heavy atom. The SMILES string of the molecule is CC[C@H](C)Nc1nc(Nc2ccc(OC)cc2[N+](=O)[O-])cc(C2CC2)n1. The second-order valence-corrected chi connectivity index (χ2v) is 6.49. The minimum absolute atomic E-state index is 0.0626. The van der Waals surface area contributed by atoms with E-state index in [4.69, 9.17) is 4.74 Å². The first kappa shape index (κ1) is 17.9. The first-order valence-electron chi connectivity index (χ1n) is 8.75. The molecule has 0 saturated heterocycles. The summed E-state index contributed by atoms with van der Waals surface area (Å²) in [5.74, 6) is 1.97. The van der Waals surface area contributed by atoms with E-state index in [0.717, 1.165) is 25.0 Å². The lowest BCUT2D eigenvalue weighted by molar-refractivity contribution is -0.384. The number of aromatic nitrogens is 2. The Hall–Kier alpha value is -2.90. The summed E-state index contributed by atoms with van der Waals surface area (Å²) >= 11 is 0. The van der Waals surface area contributed by atoms with Crippen LogP contribution in [0.25, 0.3) is 0 Å². The van der Waals surface area contributed by atoms with Crippen molar-refractivity contribution in [1.29, 1.82) is 0 Å². The summed E-state index contributed by atoms with van der Waals surface area (Å²) in [4.78, 5) is 20.0. The van der Waals surface area contributed by atoms with Crippen LogP contribution in [-0.2, 0) is 0 Å². The highest BCUT2D eigenvalue weighted by Crippen LogP contribution is 2.40. The molecule has 26 heavy (non-hydrogen) atoms. The van der Waals surface area contributed by atoms with E-state index in [0.29, 0.717) is 29.1 Å². The number of nitro groups is 1. The van der Waals surface area contributed by atoms with Gasteiger partial charge in [-0.3, -0.25) is 10.1 Å². The first-order chi connectivity index (χ1) is 12.5. The number of hydrogen-bond donors (Lipinski definition) is 2. The van der Waals surface area contributed by atoms with Gasteiger partial charge in [0.05, 0.1) is 23.8 Å². The second kappa shape index (κ2) is 7.55. The number of rotatable bonds is 8. The van der Waals surface area contributed by atoms with Gasteiger partial charge < -0.3 is 15.4 Å². The first-order valence-corrected chi connectivity index (χ1v) is 8.75. The lowest BCUT2D eigenvalue weighted by Gasteiger charge is -2.14. The zero-order chi connectivity index (χ0) is 18.7. The van der Waals surface area contributed by atoms with Crippen LogP contribution in [0.5, 0.6) is 5.75 Å². The molecule has 0 radical (unpaired) electrons. The van der Waals surface area contributed by atoms with Crippen LogP contribution >= 0.6 is 0 Å². The van der Waals surface area contributed by atoms with E-state index >= 15 is 0 Å². The molecule has 2 N–H and O–H groups in total. The summed E-state index contributed by atoms with van der Waals surface area (Å²) in [6.07, 6.45) is 3.17. The zero-order valence-corrected chi connectivity index (χ0v) is 15.2. The number of nitrogens with zero attached hydrogens (tertiary/aromatic N) is 3. The van der Waals surface area contributed by atoms with Crippen LogP contribution in [0.1, 0.15) is 44.7 Å². The van der Waals surface area contributed by atoms with Crippen molar-refractivity contribution in [2.75, 3.05) is 17.7 Å². The molecule has 1 aromatic carbocycles. The molecule has 1 atom stereocenters. The van der Waals surface area contributed by atoms with E-state index in [1.54, 1.807) is 12.1 Å². The Balaban J connectivity index is 1.92. The summed E-state index contributed by atoms with van der Waals surface area (Å²) in [5.41, 5.74) is 1.27. The van der Waals surface area contributed by atoms with Gasteiger partial charge in [0.25, 0.3) is 5.69 Å². The number of anilines is 3. The van der Waals surface area contributed by atoms with Crippen LogP contribution in [0.3, 0.4) is 0 Å². The monoisotopic (exact) mass is 357 g/mol. The van der Waals surface area contributed by atoms with E-state index in [2.05, 4.69) is 34.4 Å². The molecule has 0 amide bonds. The molecule has 0 unspecified atom stereocenters. The van der Waals surface area contributed by atoms with E-state index in [1.807, 2.05) is 6.07 Å². The highest BCUT2D eigenvalue weighted by molar-refractivity contribution is 5.70. The topological polar surface area (TPSA) is 102 Å². The fourth-order valence-corrected chi connectivity index (χ4v) is 2.54. The predicted octanol–water partition coefficient (Wildman–Crippen LogP) is 4.22. The van der Waals surface area contributed by atoms with Crippen molar-refractivity contribution in [2.45, 2.75) is 45.1 Å². The van der Waals surface area contributed by atoms with Crippen LogP contribution in [0, 0.1) is 10.1 Å². The Labute approximate surface area is 152 Å². The van der Waals surface area contributed by atoms with Crippen molar-refractivity contribution in [1.82, 2.24) is 9.97 Å². The number of ether oxygens (including phenoxy) is 1. The van der Waals surface area contributed by atoms with E-state index in [-0.39, 0.29) is 11.7 Å². The smallest absolute Gasteiger partial charge is 0.296 e. The van der Waals surface area contributed by atoms with Gasteiger partial charge in [-0.15, -0.1) is 0 Å². The van der Waals surface area contributed by atoms with Gasteiger partial charge in [0.2, 0.25) is 5.95 Å². The fraction of sp³-hybridized carbons (Fsp3) is 0.444. The second-order valence-electron chi connectivity index (χ2n) is 6.49. The van der Waals surface area contributed by atoms with E-state index < -0.39 is 4.92 Å². The number of nitro benzene ring substituents is 1. The van der Waals surface area contributed by atoms with Crippen LogP contribution in [0.4, 0.5) is 23.1 Å². The summed E-state index contributed by atoms with van der Waals surface area (Å²) in [6.45, 7) is 4.15. The maximum atomic E-state index is 11.4. The van der Waals surface area contributed by atoms with Gasteiger partial charge in [-0.05, 0) is 38.3 Å². The van der Waals surface area contributed by atoms with Gasteiger partial charge in [0.15, 0.2) is 0 Å². The minimum atomic E-state index is -0.438. The quantitative estimate of drug-likeness (QED) is 0.538. The molecule has 1 aromatic heterocycles. The fourth-order valence-electron chi connectivity index (χ4n) is 2.54. The third kappa shape index (κ3) is 4.19. The molecular weight excluding hydrogens is 334 g/mol. The Bertz CT molecular complexity index is 807. The highest BCUT2D eigenvalue weighted by atomic mass is 16.6. The van der Waals surface area contributed by atoms with Crippen molar-refractivity contribution in [3.05, 3.63) is 40.1 Å². The molecule has 0 aliphatic heterocycles. The van der Waals surface area contributed by atoms with Crippen molar-refractivity contribution < 1.29 is 9.66 Å². The Morgan fingerprint density at radius 2 is 2.12 bits per heavy atom. The normalized spacial score (nSPS) is 14.6. The standard InChI is InChI=1S/C18H23N5O3/c1-4-11(2)19-18-21-15(12-5-6-12)10-17(22-18)20-14-8-7-13(26-3)9-16(14)23(24)25/h7-12H,4-6H2,1-3H3,(H2,19,20,21,22)/t11-/m0/s1. The molecule has 8 nitrogen and oxygen atoms in total. The van der Waals surface area contributed by atoms with Crippen molar-refractivity contribution in [3.8, 4) is 5.75 Å². The molecular formula is C18H23N5O3. The largest absolute Gasteiger partial charge is 0.496 e. The average molecular weight is 357 g/mol. The van der Waals surface area contributed by atoms with E-state index in [1.165, 1.54) is 13.2 Å².